The monoisotopic (exact) mass is 462 g/mol. The van der Waals surface area contributed by atoms with E-state index in [0.29, 0.717) is 5.25 Å². The van der Waals surface area contributed by atoms with Crippen LogP contribution >= 0.6 is 23.5 Å². The van der Waals surface area contributed by atoms with Crippen LogP contribution < -0.4 is 0 Å². The molecule has 2 aromatic carbocycles. The molecule has 0 amide bonds. The number of fused-ring (bicyclic) bond motifs is 2. The number of carboxylic acids is 1. The fraction of sp³-hybridized carbons (Fsp3) is 0.269. The second kappa shape index (κ2) is 11.3. The summed E-state index contributed by atoms with van der Waals surface area (Å²) < 4.78 is 0. The molecule has 4 aromatic rings. The van der Waals surface area contributed by atoms with Gasteiger partial charge in [-0.15, -0.1) is 23.5 Å². The number of para-hydroxylation sites is 2. The van der Waals surface area contributed by atoms with E-state index in [1.165, 1.54) is 20.6 Å². The first-order chi connectivity index (χ1) is 15.7. The number of benzene rings is 2. The third-order valence-corrected chi connectivity index (χ3v) is 7.90. The van der Waals surface area contributed by atoms with E-state index >= 15 is 0 Å². The highest BCUT2D eigenvalue weighted by atomic mass is 32.2. The highest BCUT2D eigenvalue weighted by molar-refractivity contribution is 8.00. The van der Waals surface area contributed by atoms with Gasteiger partial charge in [0.15, 0.2) is 0 Å². The first kappa shape index (κ1) is 22.6. The summed E-state index contributed by atoms with van der Waals surface area (Å²) in [5.41, 5.74) is 2.04. The third-order valence-electron chi connectivity index (χ3n) is 5.38. The van der Waals surface area contributed by atoms with Crippen molar-refractivity contribution >= 4 is 51.3 Å². The van der Waals surface area contributed by atoms with Crippen molar-refractivity contribution < 1.29 is 9.90 Å². The number of thioether (sulfide) groups is 2. The average molecular weight is 463 g/mol. The molecule has 6 heteroatoms. The molecule has 1 atom stereocenters. The van der Waals surface area contributed by atoms with Gasteiger partial charge in [-0.3, -0.25) is 14.8 Å². The van der Waals surface area contributed by atoms with Crippen molar-refractivity contribution in [2.24, 2.45) is 0 Å². The van der Waals surface area contributed by atoms with Gasteiger partial charge in [0.2, 0.25) is 0 Å². The van der Waals surface area contributed by atoms with Gasteiger partial charge in [0.25, 0.3) is 0 Å². The van der Waals surface area contributed by atoms with Crippen LogP contribution in [0.1, 0.15) is 32.1 Å². The van der Waals surface area contributed by atoms with Crippen molar-refractivity contribution in [3.63, 3.8) is 0 Å². The molecule has 4 rings (SSSR count). The number of aromatic nitrogens is 2. The van der Waals surface area contributed by atoms with Gasteiger partial charge in [0.05, 0.1) is 11.0 Å². The largest absolute Gasteiger partial charge is 0.481 e. The van der Waals surface area contributed by atoms with E-state index in [1.807, 2.05) is 54.1 Å². The molecular weight excluding hydrogens is 436 g/mol. The molecule has 1 unspecified atom stereocenters. The third kappa shape index (κ3) is 6.02. The van der Waals surface area contributed by atoms with Gasteiger partial charge >= 0.3 is 5.97 Å². The molecule has 0 spiro atoms. The average Bonchev–Trinajstić information content (AvgIpc) is 2.82. The minimum Gasteiger partial charge on any atom is -0.481 e. The fourth-order valence-corrected chi connectivity index (χ4v) is 6.33. The van der Waals surface area contributed by atoms with Crippen molar-refractivity contribution in [1.82, 2.24) is 9.97 Å². The Morgan fingerprint density at radius 1 is 0.812 bits per heavy atom. The van der Waals surface area contributed by atoms with Gasteiger partial charge in [0.1, 0.15) is 0 Å². The zero-order valence-corrected chi connectivity index (χ0v) is 19.4. The number of rotatable bonds is 11. The van der Waals surface area contributed by atoms with Crippen molar-refractivity contribution in [2.45, 2.75) is 47.1 Å². The van der Waals surface area contributed by atoms with Crippen LogP contribution in [0, 0.1) is 0 Å². The van der Waals surface area contributed by atoms with Crippen molar-refractivity contribution in [3.8, 4) is 0 Å². The number of pyridine rings is 2. The Bertz CT molecular complexity index is 1190. The molecule has 4 nitrogen and oxygen atoms in total. The number of carbonyl (C=O) groups is 1. The Morgan fingerprint density at radius 2 is 1.44 bits per heavy atom. The van der Waals surface area contributed by atoms with Gasteiger partial charge in [-0.2, -0.15) is 0 Å². The highest BCUT2D eigenvalue weighted by Gasteiger charge is 2.14. The molecule has 0 radical (unpaired) electrons. The summed E-state index contributed by atoms with van der Waals surface area (Å²) in [6.07, 6.45) is 7.71. The van der Waals surface area contributed by atoms with Crippen LogP contribution in [-0.2, 0) is 4.79 Å². The lowest BCUT2D eigenvalue weighted by molar-refractivity contribution is -0.137. The lowest BCUT2D eigenvalue weighted by atomic mass is 10.1. The molecule has 2 heterocycles. The predicted molar refractivity (Wildman–Crippen MR) is 135 cm³/mol. The van der Waals surface area contributed by atoms with Crippen molar-refractivity contribution in [1.29, 1.82) is 0 Å². The summed E-state index contributed by atoms with van der Waals surface area (Å²) in [5, 5.41) is 11.8. The molecular formula is C26H26N2O2S2. The van der Waals surface area contributed by atoms with Crippen molar-refractivity contribution in [3.05, 3.63) is 73.1 Å². The van der Waals surface area contributed by atoms with Crippen LogP contribution in [-0.4, -0.2) is 32.0 Å². The number of hydrogen-bond acceptors (Lipinski definition) is 5. The number of aliphatic carboxylic acids is 1. The summed E-state index contributed by atoms with van der Waals surface area (Å²) in [4.78, 5) is 22.4. The molecule has 0 fully saturated rings. The summed E-state index contributed by atoms with van der Waals surface area (Å²) in [7, 11) is 0. The summed E-state index contributed by atoms with van der Waals surface area (Å²) >= 11 is 3.78. The summed E-state index contributed by atoms with van der Waals surface area (Å²) in [6.45, 7) is 0. The van der Waals surface area contributed by atoms with E-state index in [4.69, 9.17) is 5.11 Å². The Hall–Kier alpha value is -2.57. The first-order valence-corrected chi connectivity index (χ1v) is 12.8. The number of hydrogen-bond donors (Lipinski definition) is 1. The van der Waals surface area contributed by atoms with Crippen molar-refractivity contribution in [2.75, 3.05) is 5.75 Å². The van der Waals surface area contributed by atoms with E-state index < -0.39 is 5.97 Å². The Balaban J connectivity index is 1.44. The van der Waals surface area contributed by atoms with E-state index in [-0.39, 0.29) is 6.42 Å². The standard InChI is InChI=1S/C26H26N2O2S2/c29-26(30)12-6-1-7-19(32-25-14-17-28-23-11-5-3-9-21(23)25)15-18-31-24-13-16-27-22-10-4-2-8-20(22)24/h2-5,8-11,13-14,16-17,19H,1,6-7,12,15,18H2,(H,29,30). The van der Waals surface area contributed by atoms with Crippen LogP contribution in [0.2, 0.25) is 0 Å². The molecule has 0 aliphatic rings. The van der Waals surface area contributed by atoms with Crippen LogP contribution in [0.25, 0.3) is 21.8 Å². The maximum atomic E-state index is 10.9. The Labute approximate surface area is 196 Å². The lowest BCUT2D eigenvalue weighted by Gasteiger charge is -2.18. The minimum atomic E-state index is -0.713. The van der Waals surface area contributed by atoms with Crippen LogP contribution in [0.15, 0.2) is 82.8 Å². The van der Waals surface area contributed by atoms with Gasteiger partial charge < -0.3 is 5.11 Å². The Morgan fingerprint density at radius 3 is 2.12 bits per heavy atom. The molecule has 0 saturated carbocycles. The van der Waals surface area contributed by atoms with E-state index in [9.17, 15) is 4.79 Å². The molecule has 0 aliphatic heterocycles. The topological polar surface area (TPSA) is 63.1 Å². The highest BCUT2D eigenvalue weighted by Crippen LogP contribution is 2.35. The molecule has 1 N–H and O–H groups in total. The zero-order chi connectivity index (χ0) is 22.2. The Kier molecular flexibility index (Phi) is 8.02. The molecule has 0 bridgehead atoms. The smallest absolute Gasteiger partial charge is 0.303 e. The first-order valence-electron chi connectivity index (χ1n) is 10.9. The van der Waals surface area contributed by atoms with E-state index in [0.717, 1.165) is 42.5 Å². The predicted octanol–water partition coefficient (Wildman–Crippen LogP) is 7.07. The lowest BCUT2D eigenvalue weighted by Crippen LogP contribution is -2.05. The van der Waals surface area contributed by atoms with E-state index in [2.05, 4.69) is 52.4 Å². The van der Waals surface area contributed by atoms with Crippen LogP contribution in [0.5, 0.6) is 0 Å². The molecule has 164 valence electrons. The minimum absolute atomic E-state index is 0.243. The number of carboxylic acid groups (broad SMARTS) is 1. The fourth-order valence-electron chi connectivity index (χ4n) is 3.76. The second-order valence-corrected chi connectivity index (χ2v) is 10.1. The van der Waals surface area contributed by atoms with Gasteiger partial charge in [0, 0.05) is 44.6 Å². The molecule has 2 aromatic heterocycles. The van der Waals surface area contributed by atoms with Gasteiger partial charge in [-0.1, -0.05) is 42.8 Å². The molecule has 32 heavy (non-hydrogen) atoms. The zero-order valence-electron chi connectivity index (χ0n) is 17.8. The molecule has 0 saturated heterocycles. The summed E-state index contributed by atoms with van der Waals surface area (Å²) in [6, 6.07) is 20.7. The SMILES string of the molecule is O=C(O)CCCCC(CCSc1ccnc2ccccc12)Sc1ccnc2ccccc12. The maximum Gasteiger partial charge on any atom is 0.303 e. The number of nitrogens with zero attached hydrogens (tertiary/aromatic N) is 2. The quantitative estimate of drug-likeness (QED) is 0.190. The van der Waals surface area contributed by atoms with Crippen LogP contribution in [0.4, 0.5) is 0 Å². The van der Waals surface area contributed by atoms with E-state index in [1.54, 1.807) is 0 Å². The maximum absolute atomic E-state index is 10.9. The van der Waals surface area contributed by atoms with Gasteiger partial charge in [-0.05, 0) is 49.3 Å². The number of unbranched alkanes of at least 4 members (excludes halogenated alkanes) is 1. The van der Waals surface area contributed by atoms with Crippen LogP contribution in [0.3, 0.4) is 0 Å². The normalized spacial score (nSPS) is 12.2. The second-order valence-electron chi connectivity index (χ2n) is 7.67. The van der Waals surface area contributed by atoms with Gasteiger partial charge in [-0.25, -0.2) is 0 Å². The summed E-state index contributed by atoms with van der Waals surface area (Å²) in [5.74, 6) is 0.294. The molecule has 0 aliphatic carbocycles.